The van der Waals surface area contributed by atoms with Crippen molar-refractivity contribution in [1.29, 1.82) is 0 Å². The molecule has 2 amide bonds. The average molecular weight is 513 g/mol. The highest BCUT2D eigenvalue weighted by Crippen LogP contribution is 2.22. The number of carbonyl (C=O) groups is 2. The predicted molar refractivity (Wildman–Crippen MR) is 118 cm³/mol. The Labute approximate surface area is 182 Å². The van der Waals surface area contributed by atoms with Gasteiger partial charge in [0.25, 0.3) is 11.8 Å². The number of methoxy groups -OCH3 is 1. The minimum atomic E-state index is -0.432. The van der Waals surface area contributed by atoms with Crippen molar-refractivity contribution < 1.29 is 19.1 Å². The van der Waals surface area contributed by atoms with Crippen LogP contribution in [0.15, 0.2) is 36.4 Å². The van der Waals surface area contributed by atoms with E-state index in [1.807, 2.05) is 32.0 Å². The van der Waals surface area contributed by atoms with Crippen molar-refractivity contribution in [3.8, 4) is 11.5 Å². The molecule has 0 saturated heterocycles. The van der Waals surface area contributed by atoms with E-state index in [1.165, 1.54) is 0 Å². The summed E-state index contributed by atoms with van der Waals surface area (Å²) in [7, 11) is 1.56. The first-order valence-electron chi connectivity index (χ1n) is 8.24. The Kier molecular flexibility index (Phi) is 8.00. The van der Waals surface area contributed by atoms with Crippen molar-refractivity contribution in [2.45, 2.75) is 13.8 Å². The normalized spacial score (nSPS) is 10.0. The number of amides is 2. The molecule has 9 heteroatoms. The molecular weight excluding hydrogens is 493 g/mol. The van der Waals surface area contributed by atoms with Gasteiger partial charge in [0.1, 0.15) is 11.5 Å². The summed E-state index contributed by atoms with van der Waals surface area (Å²) in [5.41, 5.74) is 7.17. The third-order valence-electron chi connectivity index (χ3n) is 3.71. The third-order valence-corrected chi connectivity index (χ3v) is 4.76. The van der Waals surface area contributed by atoms with Gasteiger partial charge in [0.15, 0.2) is 11.7 Å². The standard InChI is InChI=1S/C19H20IN3O4S/c1-11-5-4-6-12(2)17(11)27-10-16(24)22-23-19(28)21-18(25)13-7-8-15(26-3)14(20)9-13/h4-9H,10H2,1-3H3,(H,22,24)(H2,21,23,25,28). The summed E-state index contributed by atoms with van der Waals surface area (Å²) >= 11 is 7.10. The average Bonchev–Trinajstić information content (AvgIpc) is 2.65. The molecule has 2 aromatic carbocycles. The van der Waals surface area contributed by atoms with Gasteiger partial charge in [0.2, 0.25) is 0 Å². The van der Waals surface area contributed by atoms with Crippen molar-refractivity contribution in [2.24, 2.45) is 0 Å². The van der Waals surface area contributed by atoms with Crippen LogP contribution in [0, 0.1) is 17.4 Å². The Morgan fingerprint density at radius 2 is 1.79 bits per heavy atom. The molecule has 0 fully saturated rings. The van der Waals surface area contributed by atoms with Gasteiger partial charge < -0.3 is 9.47 Å². The van der Waals surface area contributed by atoms with Crippen molar-refractivity contribution in [3.05, 3.63) is 56.7 Å². The van der Waals surface area contributed by atoms with E-state index in [1.54, 1.807) is 25.3 Å². The number of para-hydroxylation sites is 1. The summed E-state index contributed by atoms with van der Waals surface area (Å²) in [6.07, 6.45) is 0. The van der Waals surface area contributed by atoms with E-state index >= 15 is 0 Å². The van der Waals surface area contributed by atoms with Gasteiger partial charge >= 0.3 is 0 Å². The molecule has 28 heavy (non-hydrogen) atoms. The fraction of sp³-hybridized carbons (Fsp3) is 0.211. The zero-order chi connectivity index (χ0) is 20.7. The molecule has 0 atom stereocenters. The highest BCUT2D eigenvalue weighted by atomic mass is 127. The van der Waals surface area contributed by atoms with Crippen LogP contribution >= 0.6 is 34.8 Å². The first-order chi connectivity index (χ1) is 13.3. The highest BCUT2D eigenvalue weighted by molar-refractivity contribution is 14.1. The van der Waals surface area contributed by atoms with E-state index in [4.69, 9.17) is 21.7 Å². The zero-order valence-electron chi connectivity index (χ0n) is 15.6. The molecule has 7 nitrogen and oxygen atoms in total. The topological polar surface area (TPSA) is 88.7 Å². The number of aryl methyl sites for hydroxylation is 2. The van der Waals surface area contributed by atoms with Gasteiger partial charge in [0.05, 0.1) is 10.7 Å². The fourth-order valence-electron chi connectivity index (χ4n) is 2.34. The minimum Gasteiger partial charge on any atom is -0.496 e. The second kappa shape index (κ2) is 10.2. The maximum Gasteiger partial charge on any atom is 0.276 e. The fourth-order valence-corrected chi connectivity index (χ4v) is 3.22. The number of nitrogens with one attached hydrogen (secondary N) is 3. The molecular formula is C19H20IN3O4S. The maximum atomic E-state index is 12.2. The Balaban J connectivity index is 1.81. The van der Waals surface area contributed by atoms with Crippen LogP contribution in [-0.4, -0.2) is 30.6 Å². The Hall–Kier alpha value is -2.40. The smallest absolute Gasteiger partial charge is 0.276 e. The molecule has 0 aliphatic carbocycles. The van der Waals surface area contributed by atoms with Crippen LogP contribution in [0.5, 0.6) is 11.5 Å². The summed E-state index contributed by atoms with van der Waals surface area (Å²) < 4.78 is 11.5. The van der Waals surface area contributed by atoms with Gasteiger partial charge in [-0.05, 0) is 78.0 Å². The van der Waals surface area contributed by atoms with Crippen LogP contribution in [0.3, 0.4) is 0 Å². The summed E-state index contributed by atoms with van der Waals surface area (Å²) in [5.74, 6) is 0.508. The Morgan fingerprint density at radius 1 is 1.11 bits per heavy atom. The number of carbonyl (C=O) groups excluding carboxylic acids is 2. The summed E-state index contributed by atoms with van der Waals surface area (Å²) in [5, 5.41) is 2.46. The second-order valence-electron chi connectivity index (χ2n) is 5.82. The van der Waals surface area contributed by atoms with Crippen LogP contribution in [0.1, 0.15) is 21.5 Å². The predicted octanol–water partition coefficient (Wildman–Crippen LogP) is 2.63. The number of thiocarbonyl (C=S) groups is 1. The maximum absolute atomic E-state index is 12.2. The quantitative estimate of drug-likeness (QED) is 0.324. The van der Waals surface area contributed by atoms with E-state index in [2.05, 4.69) is 38.8 Å². The van der Waals surface area contributed by atoms with Gasteiger partial charge in [-0.2, -0.15) is 0 Å². The number of benzene rings is 2. The molecule has 0 aliphatic heterocycles. The molecule has 0 saturated carbocycles. The lowest BCUT2D eigenvalue weighted by Gasteiger charge is -2.13. The lowest BCUT2D eigenvalue weighted by Crippen LogP contribution is -2.49. The number of hydrazine groups is 1. The van der Waals surface area contributed by atoms with Gasteiger partial charge in [-0.15, -0.1) is 0 Å². The number of hydrogen-bond donors (Lipinski definition) is 3. The molecule has 0 aliphatic rings. The monoisotopic (exact) mass is 513 g/mol. The molecule has 0 spiro atoms. The first-order valence-corrected chi connectivity index (χ1v) is 9.73. The lowest BCUT2D eigenvalue weighted by molar-refractivity contribution is -0.123. The van der Waals surface area contributed by atoms with Crippen molar-refractivity contribution in [2.75, 3.05) is 13.7 Å². The van der Waals surface area contributed by atoms with Gasteiger partial charge in [0, 0.05) is 5.56 Å². The molecule has 148 valence electrons. The molecule has 0 bridgehead atoms. The molecule has 0 heterocycles. The molecule has 0 aromatic heterocycles. The molecule has 3 N–H and O–H groups in total. The molecule has 0 unspecified atom stereocenters. The van der Waals surface area contributed by atoms with Crippen molar-refractivity contribution in [3.63, 3.8) is 0 Å². The summed E-state index contributed by atoms with van der Waals surface area (Å²) in [6, 6.07) is 10.7. The van der Waals surface area contributed by atoms with Gasteiger partial charge in [-0.1, -0.05) is 18.2 Å². The van der Waals surface area contributed by atoms with Crippen LogP contribution in [0.2, 0.25) is 0 Å². The van der Waals surface area contributed by atoms with Gasteiger partial charge in [-0.3, -0.25) is 25.8 Å². The lowest BCUT2D eigenvalue weighted by atomic mass is 10.1. The largest absolute Gasteiger partial charge is 0.496 e. The van der Waals surface area contributed by atoms with E-state index in [-0.39, 0.29) is 11.7 Å². The van der Waals surface area contributed by atoms with E-state index in [9.17, 15) is 9.59 Å². The number of ether oxygens (including phenoxy) is 2. The van der Waals surface area contributed by atoms with E-state index < -0.39 is 11.8 Å². The zero-order valence-corrected chi connectivity index (χ0v) is 18.6. The van der Waals surface area contributed by atoms with E-state index in [0.717, 1.165) is 14.7 Å². The molecule has 2 rings (SSSR count). The Morgan fingerprint density at radius 3 is 2.39 bits per heavy atom. The third kappa shape index (κ3) is 6.06. The second-order valence-corrected chi connectivity index (χ2v) is 7.39. The van der Waals surface area contributed by atoms with Crippen LogP contribution in [0.25, 0.3) is 0 Å². The molecule has 0 radical (unpaired) electrons. The number of hydrogen-bond acceptors (Lipinski definition) is 5. The van der Waals surface area contributed by atoms with Crippen LogP contribution in [-0.2, 0) is 4.79 Å². The SMILES string of the molecule is COc1ccc(C(=O)NC(=S)NNC(=O)COc2c(C)cccc2C)cc1I. The highest BCUT2D eigenvalue weighted by Gasteiger charge is 2.12. The minimum absolute atomic E-state index is 0.0313. The number of rotatable bonds is 5. The van der Waals surface area contributed by atoms with Crippen LogP contribution < -0.4 is 25.6 Å². The molecule has 2 aromatic rings. The van der Waals surface area contributed by atoms with Crippen molar-refractivity contribution >= 4 is 51.7 Å². The summed E-state index contributed by atoms with van der Waals surface area (Å²) in [4.78, 5) is 24.1. The number of halogens is 1. The Bertz CT molecular complexity index is 884. The van der Waals surface area contributed by atoms with Crippen LogP contribution in [0.4, 0.5) is 0 Å². The summed E-state index contributed by atoms with van der Waals surface area (Å²) in [6.45, 7) is 3.62. The van der Waals surface area contributed by atoms with Gasteiger partial charge in [-0.25, -0.2) is 0 Å². The van der Waals surface area contributed by atoms with E-state index in [0.29, 0.717) is 17.1 Å². The van der Waals surface area contributed by atoms with Crippen molar-refractivity contribution in [1.82, 2.24) is 16.2 Å². The first kappa shape index (κ1) is 21.9.